The number of urea groups is 1. The third kappa shape index (κ3) is 5.84. The number of aliphatic hydroxyl groups excluding tert-OH is 1. The molecule has 0 aliphatic heterocycles. The van der Waals surface area contributed by atoms with Crippen LogP contribution in [-0.2, 0) is 0 Å². The molecule has 1 atom stereocenters. The van der Waals surface area contributed by atoms with Crippen LogP contribution in [0, 0.1) is 6.92 Å². The smallest absolute Gasteiger partial charge is 0.319 e. The van der Waals surface area contributed by atoms with Crippen LogP contribution in [-0.4, -0.2) is 35.8 Å². The quantitative estimate of drug-likeness (QED) is 0.741. The maximum atomic E-state index is 11.9. The number of carbonyl (C=O) groups excluding carboxylic acids is 1. The Hall–Kier alpha value is -0.720. The molecule has 19 heavy (non-hydrogen) atoms. The van der Waals surface area contributed by atoms with Crippen molar-refractivity contribution in [1.29, 1.82) is 0 Å². The first kappa shape index (κ1) is 16.3. The van der Waals surface area contributed by atoms with Crippen LogP contribution < -0.4 is 10.6 Å². The summed E-state index contributed by atoms with van der Waals surface area (Å²) in [5, 5.41) is 14.6. The minimum atomic E-state index is -0.253. The molecule has 4 nitrogen and oxygen atoms in total. The zero-order chi connectivity index (χ0) is 14.3. The number of carbonyl (C=O) groups is 1. The lowest BCUT2D eigenvalue weighted by molar-refractivity contribution is 0.241. The van der Waals surface area contributed by atoms with Crippen molar-refractivity contribution in [2.75, 3.05) is 23.9 Å². The van der Waals surface area contributed by atoms with Gasteiger partial charge in [-0.05, 0) is 53.2 Å². The summed E-state index contributed by atoms with van der Waals surface area (Å²) in [5.41, 5.74) is 1.85. The lowest BCUT2D eigenvalue weighted by Gasteiger charge is -2.17. The summed E-state index contributed by atoms with van der Waals surface area (Å²) in [6.07, 6.45) is 2.53. The fourth-order valence-electron chi connectivity index (χ4n) is 1.62. The molecule has 2 amide bonds. The zero-order valence-electron chi connectivity index (χ0n) is 11.1. The van der Waals surface area contributed by atoms with E-state index in [1.54, 1.807) is 11.8 Å². The van der Waals surface area contributed by atoms with Crippen LogP contribution in [0.3, 0.4) is 0 Å². The summed E-state index contributed by atoms with van der Waals surface area (Å²) < 4.78 is 0.853. The van der Waals surface area contributed by atoms with Crippen molar-refractivity contribution in [2.24, 2.45) is 0 Å². The molecule has 1 aromatic carbocycles. The third-order valence-corrected chi connectivity index (χ3v) is 3.95. The monoisotopic (exact) mass is 346 g/mol. The van der Waals surface area contributed by atoms with Crippen LogP contribution in [0.15, 0.2) is 22.7 Å². The number of anilines is 1. The Labute approximate surface area is 126 Å². The van der Waals surface area contributed by atoms with Gasteiger partial charge >= 0.3 is 6.03 Å². The van der Waals surface area contributed by atoms with Gasteiger partial charge in [0.05, 0.1) is 5.69 Å². The molecule has 1 aromatic rings. The molecule has 1 rings (SSSR count). The van der Waals surface area contributed by atoms with E-state index in [-0.39, 0.29) is 18.7 Å². The van der Waals surface area contributed by atoms with Crippen molar-refractivity contribution in [3.05, 3.63) is 28.2 Å². The first-order valence-electron chi connectivity index (χ1n) is 6.00. The van der Waals surface area contributed by atoms with E-state index in [0.717, 1.165) is 21.5 Å². The number of hydrogen-bond acceptors (Lipinski definition) is 3. The Balaban J connectivity index is 2.58. The number of hydrogen-bond donors (Lipinski definition) is 3. The van der Waals surface area contributed by atoms with Gasteiger partial charge in [-0.1, -0.05) is 6.07 Å². The lowest BCUT2D eigenvalue weighted by atomic mass is 10.2. The van der Waals surface area contributed by atoms with E-state index in [1.807, 2.05) is 31.4 Å². The molecule has 0 aliphatic carbocycles. The highest BCUT2D eigenvalue weighted by Crippen LogP contribution is 2.23. The highest BCUT2D eigenvalue weighted by Gasteiger charge is 2.12. The first-order chi connectivity index (χ1) is 9.06. The molecule has 0 saturated heterocycles. The molecule has 0 fully saturated rings. The van der Waals surface area contributed by atoms with Crippen molar-refractivity contribution < 1.29 is 9.90 Å². The van der Waals surface area contributed by atoms with Gasteiger partial charge in [-0.25, -0.2) is 4.79 Å². The standard InChI is InChI=1S/C13H19BrN2O2S/c1-9-3-4-12(11(14)7-9)16-13(18)15-10(5-6-17)8-19-2/h3-4,7,10,17H,5-6,8H2,1-2H3,(H2,15,16,18)/t10-/m1/s1. The second kappa shape index (κ2) is 8.45. The summed E-state index contributed by atoms with van der Waals surface area (Å²) in [6, 6.07) is 5.46. The molecular weight excluding hydrogens is 328 g/mol. The van der Waals surface area contributed by atoms with Gasteiger partial charge in [-0.2, -0.15) is 11.8 Å². The second-order valence-corrected chi connectivity index (χ2v) is 6.01. The van der Waals surface area contributed by atoms with Crippen LogP contribution in [0.1, 0.15) is 12.0 Å². The van der Waals surface area contributed by atoms with E-state index in [1.165, 1.54) is 0 Å². The van der Waals surface area contributed by atoms with E-state index < -0.39 is 0 Å². The number of aliphatic hydroxyl groups is 1. The Morgan fingerprint density at radius 3 is 2.84 bits per heavy atom. The molecule has 0 unspecified atom stereocenters. The topological polar surface area (TPSA) is 61.4 Å². The van der Waals surface area contributed by atoms with Crippen LogP contribution in [0.2, 0.25) is 0 Å². The fourth-order valence-corrected chi connectivity index (χ4v) is 2.86. The molecule has 0 bridgehead atoms. The van der Waals surface area contributed by atoms with E-state index in [2.05, 4.69) is 26.6 Å². The van der Waals surface area contributed by atoms with Crippen molar-refractivity contribution in [3.63, 3.8) is 0 Å². The highest BCUT2D eigenvalue weighted by atomic mass is 79.9. The number of thioether (sulfide) groups is 1. The highest BCUT2D eigenvalue weighted by molar-refractivity contribution is 9.10. The van der Waals surface area contributed by atoms with Gasteiger partial charge in [0.15, 0.2) is 0 Å². The molecule has 0 radical (unpaired) electrons. The SMILES string of the molecule is CSC[C@@H](CCO)NC(=O)Nc1ccc(C)cc1Br. The number of rotatable bonds is 6. The Morgan fingerprint density at radius 1 is 1.53 bits per heavy atom. The Kier molecular flexibility index (Phi) is 7.27. The lowest BCUT2D eigenvalue weighted by Crippen LogP contribution is -2.40. The molecule has 106 valence electrons. The average Bonchev–Trinajstić information content (AvgIpc) is 2.33. The van der Waals surface area contributed by atoms with E-state index >= 15 is 0 Å². The first-order valence-corrected chi connectivity index (χ1v) is 8.19. The molecular formula is C13H19BrN2O2S. The predicted molar refractivity (Wildman–Crippen MR) is 84.9 cm³/mol. The summed E-state index contributed by atoms with van der Waals surface area (Å²) >= 11 is 5.06. The summed E-state index contributed by atoms with van der Waals surface area (Å²) in [4.78, 5) is 11.9. The van der Waals surface area contributed by atoms with Gasteiger partial charge in [-0.3, -0.25) is 0 Å². The van der Waals surface area contributed by atoms with Crippen molar-refractivity contribution in [3.8, 4) is 0 Å². The number of amides is 2. The van der Waals surface area contributed by atoms with Crippen LogP contribution >= 0.6 is 27.7 Å². The Morgan fingerprint density at radius 2 is 2.26 bits per heavy atom. The molecule has 0 aliphatic rings. The normalized spacial score (nSPS) is 12.0. The molecule has 6 heteroatoms. The zero-order valence-corrected chi connectivity index (χ0v) is 13.5. The van der Waals surface area contributed by atoms with Crippen molar-refractivity contribution in [1.82, 2.24) is 5.32 Å². The number of aryl methyl sites for hydroxylation is 1. The van der Waals surface area contributed by atoms with Gasteiger partial charge in [-0.15, -0.1) is 0 Å². The van der Waals surface area contributed by atoms with Gasteiger partial charge in [0.25, 0.3) is 0 Å². The van der Waals surface area contributed by atoms with Crippen LogP contribution in [0.25, 0.3) is 0 Å². The molecule has 3 N–H and O–H groups in total. The largest absolute Gasteiger partial charge is 0.396 e. The minimum absolute atomic E-state index is 0.0239. The third-order valence-electron chi connectivity index (χ3n) is 2.55. The van der Waals surface area contributed by atoms with Crippen LogP contribution in [0.5, 0.6) is 0 Å². The summed E-state index contributed by atoms with van der Waals surface area (Å²) in [5.74, 6) is 0.781. The van der Waals surface area contributed by atoms with Gasteiger partial charge in [0.2, 0.25) is 0 Å². The van der Waals surface area contributed by atoms with Gasteiger partial charge < -0.3 is 15.7 Å². The maximum absolute atomic E-state index is 11.9. The molecule has 0 aromatic heterocycles. The number of benzene rings is 1. The second-order valence-electron chi connectivity index (χ2n) is 4.25. The van der Waals surface area contributed by atoms with Gasteiger partial charge in [0.1, 0.15) is 0 Å². The molecule has 0 saturated carbocycles. The van der Waals surface area contributed by atoms with E-state index in [0.29, 0.717) is 6.42 Å². The maximum Gasteiger partial charge on any atom is 0.319 e. The molecule has 0 heterocycles. The number of halogens is 1. The van der Waals surface area contributed by atoms with Crippen molar-refractivity contribution >= 4 is 39.4 Å². The molecule has 0 spiro atoms. The minimum Gasteiger partial charge on any atom is -0.396 e. The Bertz CT molecular complexity index is 423. The van der Waals surface area contributed by atoms with Crippen molar-refractivity contribution in [2.45, 2.75) is 19.4 Å². The fraction of sp³-hybridized carbons (Fsp3) is 0.462. The van der Waals surface area contributed by atoms with Gasteiger partial charge in [0, 0.05) is 22.9 Å². The van der Waals surface area contributed by atoms with E-state index in [9.17, 15) is 4.79 Å². The van der Waals surface area contributed by atoms with Crippen LogP contribution in [0.4, 0.5) is 10.5 Å². The summed E-state index contributed by atoms with van der Waals surface area (Å²) in [6.45, 7) is 2.06. The summed E-state index contributed by atoms with van der Waals surface area (Å²) in [7, 11) is 0. The predicted octanol–water partition coefficient (Wildman–Crippen LogP) is 2.99. The van der Waals surface area contributed by atoms with E-state index in [4.69, 9.17) is 5.11 Å². The number of nitrogens with one attached hydrogen (secondary N) is 2. The average molecular weight is 347 g/mol.